The molecule has 6 nitrogen and oxygen atoms in total. The summed E-state index contributed by atoms with van der Waals surface area (Å²) in [6.45, 7) is 2.56. The van der Waals surface area contributed by atoms with Gasteiger partial charge < -0.3 is 5.32 Å². The molecule has 0 aliphatic heterocycles. The zero-order valence-corrected chi connectivity index (χ0v) is 17.6. The molecular weight excluding hydrogens is 430 g/mol. The number of aryl methyl sites for hydroxylation is 2. The molecule has 7 heteroatoms. The lowest BCUT2D eigenvalue weighted by Crippen LogP contribution is -2.23. The van der Waals surface area contributed by atoms with E-state index in [2.05, 4.69) is 55.6 Å². The monoisotopic (exact) mass is 449 g/mol. The SMILES string of the molecule is Cc1ccc(-c2ccc3nnc(CCC(=O)NCc4ccc(Br)cc4)n3n2)cc1. The van der Waals surface area contributed by atoms with E-state index in [1.807, 2.05) is 48.5 Å². The average Bonchev–Trinajstić information content (AvgIpc) is 3.14. The number of rotatable bonds is 6. The second-order valence-corrected chi connectivity index (χ2v) is 7.79. The summed E-state index contributed by atoms with van der Waals surface area (Å²) in [5.74, 6) is 0.645. The largest absolute Gasteiger partial charge is 0.352 e. The van der Waals surface area contributed by atoms with Crippen LogP contribution in [0.5, 0.6) is 0 Å². The molecule has 0 saturated heterocycles. The van der Waals surface area contributed by atoms with Crippen molar-refractivity contribution in [1.29, 1.82) is 0 Å². The predicted molar refractivity (Wildman–Crippen MR) is 115 cm³/mol. The van der Waals surface area contributed by atoms with E-state index >= 15 is 0 Å². The molecule has 0 spiro atoms. The van der Waals surface area contributed by atoms with Crippen LogP contribution < -0.4 is 5.32 Å². The Labute approximate surface area is 177 Å². The maximum Gasteiger partial charge on any atom is 0.220 e. The first-order chi connectivity index (χ1) is 14.1. The maximum absolute atomic E-state index is 12.2. The number of hydrogen-bond acceptors (Lipinski definition) is 4. The van der Waals surface area contributed by atoms with Crippen molar-refractivity contribution in [3.8, 4) is 11.3 Å². The van der Waals surface area contributed by atoms with E-state index in [1.165, 1.54) is 5.56 Å². The minimum absolute atomic E-state index is 0.0284. The summed E-state index contributed by atoms with van der Waals surface area (Å²) in [6, 6.07) is 19.9. The molecule has 0 bridgehead atoms. The van der Waals surface area contributed by atoms with Crippen molar-refractivity contribution in [3.63, 3.8) is 0 Å². The Morgan fingerprint density at radius 1 is 1.00 bits per heavy atom. The number of aromatic nitrogens is 4. The van der Waals surface area contributed by atoms with Crippen LogP contribution in [0.3, 0.4) is 0 Å². The summed E-state index contributed by atoms with van der Waals surface area (Å²) in [5, 5.41) is 16.0. The van der Waals surface area contributed by atoms with E-state index in [0.717, 1.165) is 21.3 Å². The summed E-state index contributed by atoms with van der Waals surface area (Å²) in [6.07, 6.45) is 0.797. The van der Waals surface area contributed by atoms with E-state index in [0.29, 0.717) is 30.9 Å². The number of amides is 1. The lowest BCUT2D eigenvalue weighted by molar-refractivity contribution is -0.121. The van der Waals surface area contributed by atoms with Gasteiger partial charge in [-0.2, -0.15) is 9.61 Å². The van der Waals surface area contributed by atoms with Crippen LogP contribution in [0, 0.1) is 6.92 Å². The van der Waals surface area contributed by atoms with E-state index in [-0.39, 0.29) is 5.91 Å². The molecule has 1 N–H and O–H groups in total. The van der Waals surface area contributed by atoms with Crippen molar-refractivity contribution < 1.29 is 4.79 Å². The fraction of sp³-hybridized carbons (Fsp3) is 0.182. The highest BCUT2D eigenvalue weighted by atomic mass is 79.9. The van der Waals surface area contributed by atoms with Crippen LogP contribution in [-0.4, -0.2) is 25.7 Å². The number of nitrogens with one attached hydrogen (secondary N) is 1. The Balaban J connectivity index is 1.42. The number of carbonyl (C=O) groups is 1. The zero-order valence-electron chi connectivity index (χ0n) is 16.0. The molecule has 4 aromatic rings. The highest BCUT2D eigenvalue weighted by Gasteiger charge is 2.11. The standard InChI is InChI=1S/C22H20BrN5O/c1-15-2-6-17(7-3-15)19-10-11-20-25-26-21(28(20)27-19)12-13-22(29)24-14-16-4-8-18(23)9-5-16/h2-11H,12-14H2,1H3,(H,24,29). The molecule has 0 saturated carbocycles. The molecule has 1 amide bonds. The predicted octanol–water partition coefficient (Wildman–Crippen LogP) is 4.11. The van der Waals surface area contributed by atoms with E-state index < -0.39 is 0 Å². The summed E-state index contributed by atoms with van der Waals surface area (Å²) >= 11 is 3.41. The zero-order chi connectivity index (χ0) is 20.2. The topological polar surface area (TPSA) is 72.2 Å². The highest BCUT2D eigenvalue weighted by Crippen LogP contribution is 2.18. The fourth-order valence-corrected chi connectivity index (χ4v) is 3.25. The number of fused-ring (bicyclic) bond motifs is 1. The van der Waals surface area contributed by atoms with E-state index in [9.17, 15) is 4.79 Å². The molecule has 0 aliphatic carbocycles. The van der Waals surface area contributed by atoms with Crippen LogP contribution in [0.1, 0.15) is 23.4 Å². The molecule has 4 rings (SSSR count). The van der Waals surface area contributed by atoms with Crippen LogP contribution in [0.25, 0.3) is 16.9 Å². The van der Waals surface area contributed by atoms with Crippen molar-refractivity contribution in [2.24, 2.45) is 0 Å². The van der Waals surface area contributed by atoms with Gasteiger partial charge in [-0.1, -0.05) is 57.9 Å². The van der Waals surface area contributed by atoms with Gasteiger partial charge in [0.25, 0.3) is 0 Å². The second kappa shape index (κ2) is 8.53. The Bertz CT molecular complexity index is 1140. The highest BCUT2D eigenvalue weighted by molar-refractivity contribution is 9.10. The summed E-state index contributed by atoms with van der Waals surface area (Å²) in [5.41, 5.74) is 4.81. The molecule has 29 heavy (non-hydrogen) atoms. The Morgan fingerprint density at radius 3 is 2.52 bits per heavy atom. The van der Waals surface area contributed by atoms with Gasteiger partial charge in [-0.05, 0) is 36.8 Å². The summed E-state index contributed by atoms with van der Waals surface area (Å²) in [4.78, 5) is 12.2. The van der Waals surface area contributed by atoms with Gasteiger partial charge in [-0.3, -0.25) is 4.79 Å². The molecule has 0 radical (unpaired) electrons. The van der Waals surface area contributed by atoms with E-state index in [1.54, 1.807) is 4.52 Å². The Morgan fingerprint density at radius 2 is 1.76 bits per heavy atom. The average molecular weight is 450 g/mol. The van der Waals surface area contributed by atoms with Crippen LogP contribution in [0.15, 0.2) is 65.1 Å². The first kappa shape index (κ1) is 19.3. The third kappa shape index (κ3) is 4.68. The number of hydrogen-bond donors (Lipinski definition) is 1. The number of benzene rings is 2. The fourth-order valence-electron chi connectivity index (χ4n) is 2.98. The molecular formula is C22H20BrN5O. The molecule has 0 unspecified atom stereocenters. The van der Waals surface area contributed by atoms with Gasteiger partial charge in [0.15, 0.2) is 11.5 Å². The van der Waals surface area contributed by atoms with Crippen molar-refractivity contribution in [2.75, 3.05) is 0 Å². The summed E-state index contributed by atoms with van der Waals surface area (Å²) < 4.78 is 2.74. The maximum atomic E-state index is 12.2. The smallest absolute Gasteiger partial charge is 0.220 e. The minimum Gasteiger partial charge on any atom is -0.352 e. The Hall–Kier alpha value is -3.06. The normalized spacial score (nSPS) is 11.0. The third-order valence-corrected chi connectivity index (χ3v) is 5.18. The van der Waals surface area contributed by atoms with Gasteiger partial charge in [0.1, 0.15) is 0 Å². The first-order valence-electron chi connectivity index (χ1n) is 9.38. The van der Waals surface area contributed by atoms with Crippen molar-refractivity contribution >= 4 is 27.5 Å². The van der Waals surface area contributed by atoms with Gasteiger partial charge in [-0.15, -0.1) is 10.2 Å². The quantitative estimate of drug-likeness (QED) is 0.480. The molecule has 146 valence electrons. The first-order valence-corrected chi connectivity index (χ1v) is 10.2. The Kier molecular flexibility index (Phi) is 5.67. The molecule has 0 fully saturated rings. The van der Waals surface area contributed by atoms with Crippen molar-refractivity contribution in [2.45, 2.75) is 26.3 Å². The molecule has 2 heterocycles. The lowest BCUT2D eigenvalue weighted by Gasteiger charge is -2.06. The molecule has 0 atom stereocenters. The molecule has 2 aromatic heterocycles. The molecule has 0 aliphatic rings. The van der Waals surface area contributed by atoms with Crippen LogP contribution in [0.2, 0.25) is 0 Å². The van der Waals surface area contributed by atoms with Gasteiger partial charge in [0.05, 0.1) is 5.69 Å². The second-order valence-electron chi connectivity index (χ2n) is 6.87. The van der Waals surface area contributed by atoms with Gasteiger partial charge in [-0.25, -0.2) is 0 Å². The minimum atomic E-state index is -0.0284. The van der Waals surface area contributed by atoms with Gasteiger partial charge in [0.2, 0.25) is 5.91 Å². The van der Waals surface area contributed by atoms with Gasteiger partial charge in [0, 0.05) is 29.4 Å². The van der Waals surface area contributed by atoms with Gasteiger partial charge >= 0.3 is 0 Å². The molecule has 2 aromatic carbocycles. The number of halogens is 1. The van der Waals surface area contributed by atoms with Crippen LogP contribution in [0.4, 0.5) is 0 Å². The van der Waals surface area contributed by atoms with Crippen molar-refractivity contribution in [1.82, 2.24) is 25.1 Å². The van der Waals surface area contributed by atoms with Crippen LogP contribution in [-0.2, 0) is 17.8 Å². The third-order valence-electron chi connectivity index (χ3n) is 4.65. The number of nitrogens with zero attached hydrogens (tertiary/aromatic N) is 4. The van der Waals surface area contributed by atoms with E-state index in [4.69, 9.17) is 0 Å². The summed E-state index contributed by atoms with van der Waals surface area (Å²) in [7, 11) is 0. The van der Waals surface area contributed by atoms with Crippen molar-refractivity contribution in [3.05, 3.63) is 82.1 Å². The van der Waals surface area contributed by atoms with Crippen LogP contribution >= 0.6 is 15.9 Å². The lowest BCUT2D eigenvalue weighted by atomic mass is 10.1. The number of carbonyl (C=O) groups excluding carboxylic acids is 1.